The Balaban J connectivity index is 0.00000320. The van der Waals surface area contributed by atoms with Gasteiger partial charge in [-0.3, -0.25) is 9.79 Å². The molecule has 1 aliphatic heterocycles. The van der Waals surface area contributed by atoms with Crippen molar-refractivity contribution >= 4 is 35.8 Å². The van der Waals surface area contributed by atoms with E-state index in [9.17, 15) is 4.79 Å². The quantitative estimate of drug-likeness (QED) is 0.299. The third-order valence-electron chi connectivity index (χ3n) is 5.99. The Morgan fingerprint density at radius 1 is 1.07 bits per heavy atom. The number of hydrogen-bond donors (Lipinski definition) is 3. The number of halogens is 1. The maximum absolute atomic E-state index is 12.2. The molecule has 1 amide bonds. The van der Waals surface area contributed by atoms with E-state index >= 15 is 0 Å². The predicted octanol–water partition coefficient (Wildman–Crippen LogP) is 3.69. The molecule has 2 atom stereocenters. The van der Waals surface area contributed by atoms with E-state index in [4.69, 9.17) is 4.74 Å². The van der Waals surface area contributed by atoms with Crippen molar-refractivity contribution in [2.24, 2.45) is 10.9 Å². The maximum atomic E-state index is 12.2. The van der Waals surface area contributed by atoms with Crippen molar-refractivity contribution in [1.82, 2.24) is 16.0 Å². The molecule has 2 aliphatic rings. The first-order valence-electron chi connectivity index (χ1n) is 11.1. The fourth-order valence-corrected chi connectivity index (χ4v) is 4.31. The number of carbonyl (C=O) groups excluding carboxylic acids is 1. The van der Waals surface area contributed by atoms with Crippen LogP contribution in [0, 0.1) is 12.8 Å². The number of ether oxygens (including phenoxy) is 1. The number of hydrogen-bond acceptors (Lipinski definition) is 3. The average Bonchev–Trinajstić information content (AvgIpc) is 2.75. The molecule has 3 N–H and O–H groups in total. The molecule has 0 bridgehead atoms. The van der Waals surface area contributed by atoms with Crippen LogP contribution in [0.4, 0.5) is 0 Å². The Morgan fingerprint density at radius 2 is 1.80 bits per heavy atom. The number of aliphatic imine (C=N–C) groups is 1. The van der Waals surface area contributed by atoms with Crippen molar-refractivity contribution in [2.75, 3.05) is 26.7 Å². The average molecular weight is 528 g/mol. The summed E-state index contributed by atoms with van der Waals surface area (Å²) in [4.78, 5) is 16.5. The Morgan fingerprint density at radius 3 is 2.50 bits per heavy atom. The summed E-state index contributed by atoms with van der Waals surface area (Å²) in [5, 5.41) is 9.67. The Hall–Kier alpha value is -1.35. The van der Waals surface area contributed by atoms with E-state index in [0.29, 0.717) is 17.9 Å². The van der Waals surface area contributed by atoms with Gasteiger partial charge < -0.3 is 20.7 Å². The molecule has 3 rings (SSSR count). The van der Waals surface area contributed by atoms with E-state index in [2.05, 4.69) is 52.1 Å². The van der Waals surface area contributed by atoms with E-state index in [0.717, 1.165) is 38.8 Å². The second-order valence-corrected chi connectivity index (χ2v) is 8.31. The van der Waals surface area contributed by atoms with Crippen molar-refractivity contribution in [2.45, 2.75) is 64.0 Å². The van der Waals surface area contributed by atoms with Gasteiger partial charge in [-0.25, -0.2) is 0 Å². The number of aryl methyl sites for hydroxylation is 1. The number of benzene rings is 1. The highest BCUT2D eigenvalue weighted by Crippen LogP contribution is 2.33. The Bertz CT molecular complexity index is 674. The van der Waals surface area contributed by atoms with Gasteiger partial charge in [0.2, 0.25) is 5.91 Å². The molecule has 0 aromatic heterocycles. The van der Waals surface area contributed by atoms with Crippen molar-refractivity contribution < 1.29 is 9.53 Å². The number of rotatable bonds is 6. The second-order valence-electron chi connectivity index (χ2n) is 8.31. The van der Waals surface area contributed by atoms with E-state index < -0.39 is 0 Å². The SMILES string of the molecule is CN=C(NCC(=O)NC1CCCCC1)NCC1CCCOC1c1ccc(C)cc1.I. The molecule has 7 heteroatoms. The van der Waals surface area contributed by atoms with Crippen LogP contribution in [-0.2, 0) is 9.53 Å². The molecule has 1 aromatic rings. The van der Waals surface area contributed by atoms with Crippen LogP contribution in [0.5, 0.6) is 0 Å². The van der Waals surface area contributed by atoms with Crippen molar-refractivity contribution in [1.29, 1.82) is 0 Å². The molecule has 1 saturated carbocycles. The summed E-state index contributed by atoms with van der Waals surface area (Å²) in [6, 6.07) is 8.96. The van der Waals surface area contributed by atoms with Crippen molar-refractivity contribution in [3.8, 4) is 0 Å². The molecule has 0 spiro atoms. The molecule has 30 heavy (non-hydrogen) atoms. The van der Waals surface area contributed by atoms with Gasteiger partial charge in [-0.1, -0.05) is 49.1 Å². The lowest BCUT2D eigenvalue weighted by atomic mass is 9.89. The molecule has 168 valence electrons. The third kappa shape index (κ3) is 7.72. The highest BCUT2D eigenvalue weighted by atomic mass is 127. The van der Waals surface area contributed by atoms with Gasteiger partial charge in [-0.15, -0.1) is 24.0 Å². The fraction of sp³-hybridized carbons (Fsp3) is 0.652. The lowest BCUT2D eigenvalue weighted by Gasteiger charge is -2.32. The first kappa shape index (κ1) is 24.9. The minimum atomic E-state index is 0. The molecular weight excluding hydrogens is 491 g/mol. The van der Waals surface area contributed by atoms with Gasteiger partial charge >= 0.3 is 0 Å². The second kappa shape index (κ2) is 13.1. The normalized spacial score (nSPS) is 22.7. The zero-order valence-corrected chi connectivity index (χ0v) is 20.6. The van der Waals surface area contributed by atoms with E-state index in [-0.39, 0.29) is 42.5 Å². The molecule has 1 aliphatic carbocycles. The van der Waals surface area contributed by atoms with Gasteiger partial charge in [0, 0.05) is 32.2 Å². The minimum absolute atomic E-state index is 0. The summed E-state index contributed by atoms with van der Waals surface area (Å²) in [6.07, 6.45) is 8.21. The topological polar surface area (TPSA) is 74.8 Å². The van der Waals surface area contributed by atoms with E-state index in [1.165, 1.54) is 30.4 Å². The summed E-state index contributed by atoms with van der Waals surface area (Å²) in [6.45, 7) is 3.93. The predicted molar refractivity (Wildman–Crippen MR) is 132 cm³/mol. The van der Waals surface area contributed by atoms with Crippen LogP contribution in [0.25, 0.3) is 0 Å². The van der Waals surface area contributed by atoms with Crippen LogP contribution in [0.2, 0.25) is 0 Å². The highest BCUT2D eigenvalue weighted by Gasteiger charge is 2.27. The molecule has 2 unspecified atom stereocenters. The zero-order valence-electron chi connectivity index (χ0n) is 18.3. The number of nitrogens with zero attached hydrogens (tertiary/aromatic N) is 1. The standard InChI is InChI=1S/C23H36N4O2.HI/c1-17-10-12-18(13-11-17)22-19(7-6-14-29-22)15-25-23(24-2)26-16-21(28)27-20-8-4-3-5-9-20;/h10-13,19-20,22H,3-9,14-16H2,1-2H3,(H,27,28)(H2,24,25,26);1H. The first-order valence-corrected chi connectivity index (χ1v) is 11.1. The molecule has 2 fully saturated rings. The molecule has 6 nitrogen and oxygen atoms in total. The van der Waals surface area contributed by atoms with Gasteiger partial charge in [-0.05, 0) is 38.2 Å². The number of carbonyl (C=O) groups is 1. The van der Waals surface area contributed by atoms with Crippen LogP contribution >= 0.6 is 24.0 Å². The fourth-order valence-electron chi connectivity index (χ4n) is 4.31. The highest BCUT2D eigenvalue weighted by molar-refractivity contribution is 14.0. The monoisotopic (exact) mass is 528 g/mol. The smallest absolute Gasteiger partial charge is 0.239 e. The zero-order chi connectivity index (χ0) is 20.5. The lowest BCUT2D eigenvalue weighted by Crippen LogP contribution is -2.47. The van der Waals surface area contributed by atoms with Crippen LogP contribution < -0.4 is 16.0 Å². The molecular formula is C23H37IN4O2. The largest absolute Gasteiger partial charge is 0.373 e. The lowest BCUT2D eigenvalue weighted by molar-refractivity contribution is -0.120. The van der Waals surface area contributed by atoms with Crippen LogP contribution in [-0.4, -0.2) is 44.7 Å². The van der Waals surface area contributed by atoms with Crippen molar-refractivity contribution in [3.05, 3.63) is 35.4 Å². The first-order chi connectivity index (χ1) is 14.2. The summed E-state index contributed by atoms with van der Waals surface area (Å²) >= 11 is 0. The van der Waals surface area contributed by atoms with Gasteiger partial charge in [0.15, 0.2) is 5.96 Å². The third-order valence-corrected chi connectivity index (χ3v) is 5.99. The Kier molecular flexibility index (Phi) is 10.9. The molecule has 0 radical (unpaired) electrons. The molecule has 1 aromatic carbocycles. The van der Waals surface area contributed by atoms with Crippen LogP contribution in [0.15, 0.2) is 29.3 Å². The molecule has 1 saturated heterocycles. The van der Waals surface area contributed by atoms with Gasteiger partial charge in [0.25, 0.3) is 0 Å². The summed E-state index contributed by atoms with van der Waals surface area (Å²) < 4.78 is 6.10. The Labute approximate surface area is 198 Å². The number of nitrogens with one attached hydrogen (secondary N) is 3. The number of guanidine groups is 1. The minimum Gasteiger partial charge on any atom is -0.373 e. The van der Waals surface area contributed by atoms with Crippen molar-refractivity contribution in [3.63, 3.8) is 0 Å². The molecule has 1 heterocycles. The van der Waals surface area contributed by atoms with Gasteiger partial charge in [0.05, 0.1) is 12.6 Å². The summed E-state index contributed by atoms with van der Waals surface area (Å²) in [7, 11) is 1.74. The summed E-state index contributed by atoms with van der Waals surface area (Å²) in [5.74, 6) is 1.08. The van der Waals surface area contributed by atoms with E-state index in [1.54, 1.807) is 7.05 Å². The number of amides is 1. The van der Waals surface area contributed by atoms with Gasteiger partial charge in [0.1, 0.15) is 0 Å². The van der Waals surface area contributed by atoms with E-state index in [1.807, 2.05) is 0 Å². The maximum Gasteiger partial charge on any atom is 0.239 e. The summed E-state index contributed by atoms with van der Waals surface area (Å²) in [5.41, 5.74) is 2.49. The van der Waals surface area contributed by atoms with Crippen LogP contribution in [0.1, 0.15) is 62.2 Å². The van der Waals surface area contributed by atoms with Crippen LogP contribution in [0.3, 0.4) is 0 Å². The van der Waals surface area contributed by atoms with Gasteiger partial charge in [-0.2, -0.15) is 0 Å².